The number of unbranched alkanes of at least 4 members (excludes halogenated alkanes) is 2. The average molecular weight is 263 g/mol. The molecule has 1 unspecified atom stereocenters. The smallest absolute Gasteiger partial charge is 0.319 e. The highest BCUT2D eigenvalue weighted by molar-refractivity contribution is 5.89. The first-order valence-corrected chi connectivity index (χ1v) is 6.99. The molecule has 4 nitrogen and oxygen atoms in total. The number of nitrogens with one attached hydrogen (secondary N) is 3. The fourth-order valence-corrected chi connectivity index (χ4v) is 1.80. The Morgan fingerprint density at radius 1 is 1.32 bits per heavy atom. The summed E-state index contributed by atoms with van der Waals surface area (Å²) in [7, 11) is 1.92. The lowest BCUT2D eigenvalue weighted by molar-refractivity contribution is 0.252. The third kappa shape index (κ3) is 5.75. The van der Waals surface area contributed by atoms with E-state index in [1.807, 2.05) is 31.3 Å². The lowest BCUT2D eigenvalue weighted by Gasteiger charge is -2.13. The highest BCUT2D eigenvalue weighted by Crippen LogP contribution is 2.16. The van der Waals surface area contributed by atoms with Gasteiger partial charge in [0.15, 0.2) is 0 Å². The maximum atomic E-state index is 11.7. The molecule has 2 amide bonds. The van der Waals surface area contributed by atoms with Crippen molar-refractivity contribution >= 4 is 11.7 Å². The monoisotopic (exact) mass is 263 g/mol. The van der Waals surface area contributed by atoms with Crippen molar-refractivity contribution in [1.29, 1.82) is 0 Å². The van der Waals surface area contributed by atoms with Gasteiger partial charge in [0.2, 0.25) is 0 Å². The zero-order valence-corrected chi connectivity index (χ0v) is 12.1. The predicted octanol–water partition coefficient (Wildman–Crippen LogP) is 3.28. The maximum Gasteiger partial charge on any atom is 0.319 e. The molecule has 0 aliphatic carbocycles. The third-order valence-corrected chi connectivity index (χ3v) is 3.14. The van der Waals surface area contributed by atoms with Crippen molar-refractivity contribution in [3.8, 4) is 0 Å². The minimum absolute atomic E-state index is 0.134. The third-order valence-electron chi connectivity index (χ3n) is 3.14. The molecule has 0 aromatic heterocycles. The van der Waals surface area contributed by atoms with Crippen LogP contribution in [0.15, 0.2) is 24.3 Å². The number of carbonyl (C=O) groups is 1. The molecular formula is C15H25N3O. The Hall–Kier alpha value is -1.55. The molecule has 1 aromatic rings. The van der Waals surface area contributed by atoms with Crippen LogP contribution in [0.4, 0.5) is 10.5 Å². The van der Waals surface area contributed by atoms with Crippen molar-refractivity contribution < 1.29 is 4.79 Å². The summed E-state index contributed by atoms with van der Waals surface area (Å²) in [6, 6.07) is 8.03. The minimum atomic E-state index is -0.134. The number of rotatable bonds is 7. The first-order valence-electron chi connectivity index (χ1n) is 6.99. The molecule has 0 fully saturated rings. The molecule has 19 heavy (non-hydrogen) atoms. The van der Waals surface area contributed by atoms with Gasteiger partial charge in [-0.15, -0.1) is 0 Å². The van der Waals surface area contributed by atoms with Crippen LogP contribution >= 0.6 is 0 Å². The number of hydrogen-bond acceptors (Lipinski definition) is 2. The fraction of sp³-hybridized carbons (Fsp3) is 0.533. The van der Waals surface area contributed by atoms with E-state index in [1.54, 1.807) is 0 Å². The van der Waals surface area contributed by atoms with E-state index in [9.17, 15) is 4.79 Å². The summed E-state index contributed by atoms with van der Waals surface area (Å²) in [6.07, 6.45) is 3.34. The Kier molecular flexibility index (Phi) is 6.97. The largest absolute Gasteiger partial charge is 0.338 e. The average Bonchev–Trinajstić information content (AvgIpc) is 2.43. The fourth-order valence-electron chi connectivity index (χ4n) is 1.80. The topological polar surface area (TPSA) is 53.2 Å². The molecule has 1 atom stereocenters. The Morgan fingerprint density at radius 3 is 2.79 bits per heavy atom. The van der Waals surface area contributed by atoms with Gasteiger partial charge in [0.25, 0.3) is 0 Å². The van der Waals surface area contributed by atoms with Crippen LogP contribution in [-0.2, 0) is 0 Å². The summed E-state index contributed by atoms with van der Waals surface area (Å²) < 4.78 is 0. The van der Waals surface area contributed by atoms with E-state index >= 15 is 0 Å². The van der Waals surface area contributed by atoms with Crippen LogP contribution in [0.3, 0.4) is 0 Å². The first kappa shape index (κ1) is 15.5. The number of anilines is 1. The molecule has 1 rings (SSSR count). The molecule has 3 N–H and O–H groups in total. The van der Waals surface area contributed by atoms with Gasteiger partial charge in [0.05, 0.1) is 0 Å². The molecule has 0 saturated heterocycles. The van der Waals surface area contributed by atoms with Crippen LogP contribution in [0.2, 0.25) is 0 Å². The van der Waals surface area contributed by atoms with Gasteiger partial charge in [-0.25, -0.2) is 4.79 Å². The molecule has 106 valence electrons. The molecule has 0 aliphatic rings. The van der Waals surface area contributed by atoms with E-state index in [-0.39, 0.29) is 12.1 Å². The van der Waals surface area contributed by atoms with Crippen molar-refractivity contribution in [2.24, 2.45) is 0 Å². The number of benzene rings is 1. The quantitative estimate of drug-likeness (QED) is 0.661. The Morgan fingerprint density at radius 2 is 2.11 bits per heavy atom. The minimum Gasteiger partial charge on any atom is -0.338 e. The zero-order valence-electron chi connectivity index (χ0n) is 12.1. The van der Waals surface area contributed by atoms with E-state index in [0.29, 0.717) is 0 Å². The van der Waals surface area contributed by atoms with E-state index in [4.69, 9.17) is 0 Å². The van der Waals surface area contributed by atoms with Gasteiger partial charge < -0.3 is 16.0 Å². The van der Waals surface area contributed by atoms with Crippen LogP contribution in [0, 0.1) is 0 Å². The van der Waals surface area contributed by atoms with E-state index in [0.717, 1.165) is 37.1 Å². The highest BCUT2D eigenvalue weighted by Gasteiger charge is 2.05. The van der Waals surface area contributed by atoms with E-state index in [2.05, 4.69) is 29.8 Å². The van der Waals surface area contributed by atoms with Crippen LogP contribution in [-0.4, -0.2) is 19.6 Å². The SMILES string of the molecule is CCCCCNC(=O)Nc1cccc(C(C)NC)c1. The summed E-state index contributed by atoms with van der Waals surface area (Å²) in [5.41, 5.74) is 1.99. The lowest BCUT2D eigenvalue weighted by atomic mass is 10.1. The normalized spacial score (nSPS) is 11.9. The molecule has 0 bridgehead atoms. The summed E-state index contributed by atoms with van der Waals surface area (Å²) >= 11 is 0. The summed E-state index contributed by atoms with van der Waals surface area (Å²) in [6.45, 7) is 4.96. The van der Waals surface area contributed by atoms with Crippen molar-refractivity contribution in [2.45, 2.75) is 39.2 Å². The van der Waals surface area contributed by atoms with Gasteiger partial charge in [-0.2, -0.15) is 0 Å². The summed E-state index contributed by atoms with van der Waals surface area (Å²) in [5, 5.41) is 8.91. The van der Waals surface area contributed by atoms with Crippen molar-refractivity contribution in [3.63, 3.8) is 0 Å². The van der Waals surface area contributed by atoms with Gasteiger partial charge in [-0.05, 0) is 38.1 Å². The first-order chi connectivity index (χ1) is 9.17. The molecule has 1 aromatic carbocycles. The summed E-state index contributed by atoms with van der Waals surface area (Å²) in [4.78, 5) is 11.7. The zero-order chi connectivity index (χ0) is 14.1. The van der Waals surface area contributed by atoms with Gasteiger partial charge in [-0.1, -0.05) is 31.9 Å². The lowest BCUT2D eigenvalue weighted by Crippen LogP contribution is -2.29. The van der Waals surface area contributed by atoms with Crippen LogP contribution < -0.4 is 16.0 Å². The Bertz CT molecular complexity index is 393. The molecule has 0 heterocycles. The molecule has 0 spiro atoms. The molecule has 0 aliphatic heterocycles. The van der Waals surface area contributed by atoms with E-state index in [1.165, 1.54) is 0 Å². The Labute approximate surface area is 116 Å². The van der Waals surface area contributed by atoms with Gasteiger partial charge in [0.1, 0.15) is 0 Å². The predicted molar refractivity (Wildman–Crippen MR) is 80.5 cm³/mol. The van der Waals surface area contributed by atoms with Crippen LogP contribution in [0.5, 0.6) is 0 Å². The number of carbonyl (C=O) groups excluding carboxylic acids is 1. The maximum absolute atomic E-state index is 11.7. The van der Waals surface area contributed by atoms with Gasteiger partial charge in [0, 0.05) is 18.3 Å². The molecule has 0 saturated carbocycles. The second kappa shape index (κ2) is 8.53. The molecular weight excluding hydrogens is 238 g/mol. The Balaban J connectivity index is 2.45. The van der Waals surface area contributed by atoms with Crippen LogP contribution in [0.1, 0.15) is 44.7 Å². The van der Waals surface area contributed by atoms with Crippen molar-refractivity contribution in [1.82, 2.24) is 10.6 Å². The molecule has 0 radical (unpaired) electrons. The van der Waals surface area contributed by atoms with Crippen molar-refractivity contribution in [3.05, 3.63) is 29.8 Å². The number of urea groups is 1. The van der Waals surface area contributed by atoms with Gasteiger partial charge in [-0.3, -0.25) is 0 Å². The summed E-state index contributed by atoms with van der Waals surface area (Å²) in [5.74, 6) is 0. The van der Waals surface area contributed by atoms with Crippen LogP contribution in [0.25, 0.3) is 0 Å². The van der Waals surface area contributed by atoms with Crippen molar-refractivity contribution in [2.75, 3.05) is 18.9 Å². The van der Waals surface area contributed by atoms with E-state index < -0.39 is 0 Å². The second-order valence-electron chi connectivity index (χ2n) is 4.72. The number of amides is 2. The standard InChI is InChI=1S/C15H25N3O/c1-4-5-6-10-17-15(19)18-14-9-7-8-13(11-14)12(2)16-3/h7-9,11-12,16H,4-6,10H2,1-3H3,(H2,17,18,19). The number of hydrogen-bond donors (Lipinski definition) is 3. The highest BCUT2D eigenvalue weighted by atomic mass is 16.2. The molecule has 4 heteroatoms. The second-order valence-corrected chi connectivity index (χ2v) is 4.72. The van der Waals surface area contributed by atoms with Gasteiger partial charge >= 0.3 is 6.03 Å².